The third-order valence-corrected chi connectivity index (χ3v) is 2.01. The van der Waals surface area contributed by atoms with E-state index < -0.39 is 0 Å². The second kappa shape index (κ2) is 11.3. The molecule has 0 fully saturated rings. The lowest BCUT2D eigenvalue weighted by atomic mass is 10.1. The molecule has 2 heteroatoms. The van der Waals surface area contributed by atoms with Gasteiger partial charge in [0.25, 0.3) is 0 Å². The Hall–Kier alpha value is -1.18. The maximum absolute atomic E-state index is 4.29. The highest BCUT2D eigenvalue weighted by Crippen LogP contribution is 1.92. The lowest BCUT2D eigenvalue weighted by molar-refractivity contribution is 1.05. The van der Waals surface area contributed by atoms with Crippen molar-refractivity contribution in [2.24, 2.45) is 9.98 Å². The Labute approximate surface area is 107 Å². The molecule has 0 N–H and O–H groups in total. The normalized spacial score (nSPS) is 9.88. The minimum absolute atomic E-state index is 0.612. The van der Waals surface area contributed by atoms with Crippen LogP contribution in [0.4, 0.5) is 0 Å². The van der Waals surface area contributed by atoms with E-state index in [4.69, 9.17) is 0 Å². The number of nitrogens with zero attached hydrogens (tertiary/aromatic N) is 2. The van der Waals surface area contributed by atoms with Crippen molar-refractivity contribution in [3.05, 3.63) is 34.0 Å². The number of hydrogen-bond donors (Lipinski definition) is 0. The van der Waals surface area contributed by atoms with Gasteiger partial charge in [0.2, 0.25) is 0 Å². The zero-order valence-corrected chi connectivity index (χ0v) is 12.8. The molecule has 98 valence electrons. The summed E-state index contributed by atoms with van der Waals surface area (Å²) < 4.78 is 0. The molecule has 2 rings (SSSR count). The Morgan fingerprint density at radius 2 is 1.00 bits per heavy atom. The third kappa shape index (κ3) is 5.12. The van der Waals surface area contributed by atoms with Gasteiger partial charge in [0.05, 0.1) is 10.7 Å². The maximum Gasteiger partial charge on any atom is 0.130 e. The second-order valence-electron chi connectivity index (χ2n) is 2.85. The summed E-state index contributed by atoms with van der Waals surface area (Å²) in [6.45, 7) is 16.8. The van der Waals surface area contributed by atoms with Crippen LogP contribution in [0.25, 0.3) is 0 Å². The average molecular weight is 236 g/mol. The van der Waals surface area contributed by atoms with Crippen LogP contribution >= 0.6 is 0 Å². The van der Waals surface area contributed by atoms with Gasteiger partial charge in [-0.05, 0) is 25.0 Å². The number of benzene rings is 1. The minimum atomic E-state index is 0.612. The van der Waals surface area contributed by atoms with Crippen molar-refractivity contribution < 1.29 is 0 Å². The zero-order valence-electron chi connectivity index (χ0n) is 12.8. The molecular weight excluding hydrogens is 208 g/mol. The van der Waals surface area contributed by atoms with Crippen molar-refractivity contribution in [3.8, 4) is 0 Å². The molecule has 1 aromatic rings. The van der Waals surface area contributed by atoms with E-state index in [-0.39, 0.29) is 0 Å². The van der Waals surface area contributed by atoms with Gasteiger partial charge >= 0.3 is 0 Å². The molecular formula is C15H28N2. The lowest BCUT2D eigenvalue weighted by Crippen LogP contribution is -2.26. The summed E-state index contributed by atoms with van der Waals surface area (Å²) in [5.74, 6) is 0. The Balaban J connectivity index is 0. The molecule has 17 heavy (non-hydrogen) atoms. The fraction of sp³-hybridized carbons (Fsp3) is 0.600. The first kappa shape index (κ1) is 18.2. The fourth-order valence-corrected chi connectivity index (χ4v) is 1.36. The highest BCUT2D eigenvalue weighted by molar-refractivity contribution is 5.20. The van der Waals surface area contributed by atoms with E-state index in [1.807, 2.05) is 41.5 Å². The molecule has 0 bridgehead atoms. The summed E-state index contributed by atoms with van der Waals surface area (Å²) in [5.41, 5.74) is 2.46. The molecule has 2 nitrogen and oxygen atoms in total. The number of rotatable bonds is 0. The van der Waals surface area contributed by atoms with Crippen LogP contribution in [0, 0.1) is 13.8 Å². The smallest absolute Gasteiger partial charge is 0.130 e. The van der Waals surface area contributed by atoms with Crippen LogP contribution in [0.15, 0.2) is 22.1 Å². The van der Waals surface area contributed by atoms with Gasteiger partial charge in [0.1, 0.15) is 6.67 Å². The molecule has 0 amide bonds. The molecule has 0 aromatic heterocycles. The quantitative estimate of drug-likeness (QED) is 0.657. The summed E-state index contributed by atoms with van der Waals surface area (Å²) in [6.07, 6.45) is 0. The first-order valence-electron chi connectivity index (χ1n) is 6.74. The van der Waals surface area contributed by atoms with Gasteiger partial charge in [-0.1, -0.05) is 53.7 Å². The predicted octanol–water partition coefficient (Wildman–Crippen LogP) is 3.59. The van der Waals surface area contributed by atoms with E-state index in [0.717, 1.165) is 10.7 Å². The number of aryl methyl sites for hydroxylation is 2. The molecule has 1 aromatic carbocycles. The number of fused-ring (bicyclic) bond motifs is 1. The fourth-order valence-electron chi connectivity index (χ4n) is 1.36. The highest BCUT2D eigenvalue weighted by atomic mass is 15.0. The molecule has 0 atom stereocenters. The van der Waals surface area contributed by atoms with Crippen LogP contribution in [0.2, 0.25) is 0 Å². The van der Waals surface area contributed by atoms with E-state index in [9.17, 15) is 0 Å². The first-order valence-corrected chi connectivity index (χ1v) is 6.74. The predicted molar refractivity (Wildman–Crippen MR) is 77.1 cm³/mol. The van der Waals surface area contributed by atoms with E-state index in [1.54, 1.807) is 0 Å². The summed E-state index contributed by atoms with van der Waals surface area (Å²) in [4.78, 5) is 8.59. The molecule has 0 spiro atoms. The molecule has 0 unspecified atom stereocenters. The molecule has 0 saturated carbocycles. The van der Waals surface area contributed by atoms with Crippen molar-refractivity contribution >= 4 is 0 Å². The Morgan fingerprint density at radius 3 is 1.29 bits per heavy atom. The Morgan fingerprint density at radius 1 is 0.706 bits per heavy atom. The van der Waals surface area contributed by atoms with Crippen molar-refractivity contribution in [1.29, 1.82) is 0 Å². The largest absolute Gasteiger partial charge is 0.259 e. The number of hydrogen-bond acceptors (Lipinski definition) is 2. The maximum atomic E-state index is 4.29. The Bertz CT molecular complexity index is 367. The van der Waals surface area contributed by atoms with Gasteiger partial charge in [-0.3, -0.25) is 9.98 Å². The SMILES string of the molecule is CC.CC.CC.Cc1ccc(C)c2c1=NCN=2. The van der Waals surface area contributed by atoms with E-state index >= 15 is 0 Å². The summed E-state index contributed by atoms with van der Waals surface area (Å²) in [5, 5.41) is 2.18. The van der Waals surface area contributed by atoms with Gasteiger partial charge in [0, 0.05) is 0 Å². The van der Waals surface area contributed by atoms with Gasteiger partial charge in [-0.25, -0.2) is 0 Å². The molecule has 1 aliphatic rings. The second-order valence-corrected chi connectivity index (χ2v) is 2.85. The van der Waals surface area contributed by atoms with E-state index in [1.165, 1.54) is 11.1 Å². The average Bonchev–Trinajstić information content (AvgIpc) is 2.92. The van der Waals surface area contributed by atoms with Gasteiger partial charge in [0.15, 0.2) is 0 Å². The Kier molecular flexibility index (Phi) is 12.1. The standard InChI is InChI=1S/C9H10N2.3C2H6/c1-6-3-4-7(2)9-8(6)10-5-11-9;3*1-2/h3-4H,5H2,1-2H3;3*1-2H3. The third-order valence-electron chi connectivity index (χ3n) is 2.01. The summed E-state index contributed by atoms with van der Waals surface area (Å²) in [6, 6.07) is 4.19. The van der Waals surface area contributed by atoms with Gasteiger partial charge in [-0.2, -0.15) is 0 Å². The molecule has 1 heterocycles. The van der Waals surface area contributed by atoms with E-state index in [0.29, 0.717) is 6.67 Å². The van der Waals surface area contributed by atoms with Crippen LogP contribution in [-0.4, -0.2) is 6.67 Å². The van der Waals surface area contributed by atoms with Crippen molar-refractivity contribution in [2.45, 2.75) is 55.4 Å². The molecule has 0 saturated heterocycles. The van der Waals surface area contributed by atoms with Crippen molar-refractivity contribution in [2.75, 3.05) is 6.67 Å². The van der Waals surface area contributed by atoms with Crippen LogP contribution < -0.4 is 10.7 Å². The monoisotopic (exact) mass is 236 g/mol. The van der Waals surface area contributed by atoms with Crippen LogP contribution in [0.3, 0.4) is 0 Å². The minimum Gasteiger partial charge on any atom is -0.259 e. The van der Waals surface area contributed by atoms with Crippen LogP contribution in [0.1, 0.15) is 52.7 Å². The van der Waals surface area contributed by atoms with Crippen molar-refractivity contribution in [1.82, 2.24) is 0 Å². The molecule has 0 radical (unpaired) electrons. The highest BCUT2D eigenvalue weighted by Gasteiger charge is 2.00. The molecule has 0 aliphatic carbocycles. The summed E-state index contributed by atoms with van der Waals surface area (Å²) in [7, 11) is 0. The van der Waals surface area contributed by atoms with Crippen LogP contribution in [0.5, 0.6) is 0 Å². The summed E-state index contributed by atoms with van der Waals surface area (Å²) >= 11 is 0. The van der Waals surface area contributed by atoms with Crippen molar-refractivity contribution in [3.63, 3.8) is 0 Å². The lowest BCUT2D eigenvalue weighted by Gasteiger charge is -1.93. The van der Waals surface area contributed by atoms with Gasteiger partial charge in [-0.15, -0.1) is 0 Å². The van der Waals surface area contributed by atoms with Crippen LogP contribution in [-0.2, 0) is 0 Å². The van der Waals surface area contributed by atoms with Gasteiger partial charge < -0.3 is 0 Å². The first-order chi connectivity index (χ1) is 8.29. The zero-order chi connectivity index (χ0) is 13.8. The molecule has 1 aliphatic heterocycles. The topological polar surface area (TPSA) is 24.7 Å². The van der Waals surface area contributed by atoms with E-state index in [2.05, 4.69) is 36.0 Å².